The Labute approximate surface area is 140 Å². The molecule has 0 bridgehead atoms. The third kappa shape index (κ3) is 3.03. The Kier molecular flexibility index (Phi) is 4.37. The molecule has 6 nitrogen and oxygen atoms in total. The molecule has 1 aliphatic heterocycles. The molecular formula is C18H18N2O4. The smallest absolute Gasteiger partial charge is 0.264 e. The molecule has 0 saturated carbocycles. The first-order chi connectivity index (χ1) is 11.6. The van der Waals surface area contributed by atoms with Gasteiger partial charge in [-0.3, -0.25) is 9.59 Å². The molecule has 2 amide bonds. The van der Waals surface area contributed by atoms with Gasteiger partial charge in [0.1, 0.15) is 11.5 Å². The molecule has 2 aromatic carbocycles. The number of anilines is 2. The minimum Gasteiger partial charge on any atom is -0.492 e. The predicted octanol–water partition coefficient (Wildman–Crippen LogP) is 2.69. The predicted molar refractivity (Wildman–Crippen MR) is 90.9 cm³/mol. The van der Waals surface area contributed by atoms with E-state index < -0.39 is 0 Å². The second-order valence-electron chi connectivity index (χ2n) is 5.31. The van der Waals surface area contributed by atoms with Gasteiger partial charge in [-0.2, -0.15) is 0 Å². The number of likely N-dealkylation sites (N-methyl/N-ethyl adjacent to an activating group) is 1. The number of ether oxygens (including phenoxy) is 2. The normalized spacial score (nSPS) is 13.1. The molecule has 0 atom stereocenters. The van der Waals surface area contributed by atoms with Crippen molar-refractivity contribution in [3.63, 3.8) is 0 Å². The maximum absolute atomic E-state index is 12.5. The summed E-state index contributed by atoms with van der Waals surface area (Å²) < 4.78 is 10.9. The summed E-state index contributed by atoms with van der Waals surface area (Å²) in [6, 6.07) is 12.3. The zero-order valence-electron chi connectivity index (χ0n) is 13.5. The summed E-state index contributed by atoms with van der Waals surface area (Å²) in [5.74, 6) is 0.767. The molecule has 0 aromatic heterocycles. The van der Waals surface area contributed by atoms with Crippen molar-refractivity contribution >= 4 is 23.2 Å². The van der Waals surface area contributed by atoms with Crippen LogP contribution in [0.15, 0.2) is 42.5 Å². The molecule has 0 saturated heterocycles. The van der Waals surface area contributed by atoms with Gasteiger partial charge in [0.05, 0.1) is 18.0 Å². The van der Waals surface area contributed by atoms with Crippen LogP contribution in [0.25, 0.3) is 0 Å². The van der Waals surface area contributed by atoms with E-state index in [0.717, 1.165) is 0 Å². The Balaban J connectivity index is 1.85. The van der Waals surface area contributed by atoms with Crippen molar-refractivity contribution in [1.82, 2.24) is 0 Å². The van der Waals surface area contributed by atoms with Crippen molar-refractivity contribution in [3.05, 3.63) is 48.0 Å². The number of amides is 2. The molecule has 1 N–H and O–H groups in total. The zero-order chi connectivity index (χ0) is 17.1. The highest BCUT2D eigenvalue weighted by molar-refractivity contribution is 6.07. The van der Waals surface area contributed by atoms with E-state index in [2.05, 4.69) is 5.32 Å². The second-order valence-corrected chi connectivity index (χ2v) is 5.31. The third-order valence-electron chi connectivity index (χ3n) is 3.74. The van der Waals surface area contributed by atoms with Crippen LogP contribution in [0.5, 0.6) is 11.5 Å². The van der Waals surface area contributed by atoms with Crippen molar-refractivity contribution in [1.29, 1.82) is 0 Å². The molecule has 0 aliphatic carbocycles. The van der Waals surface area contributed by atoms with Gasteiger partial charge >= 0.3 is 0 Å². The molecule has 1 heterocycles. The lowest BCUT2D eigenvalue weighted by Crippen LogP contribution is -2.35. The van der Waals surface area contributed by atoms with Crippen molar-refractivity contribution in [2.24, 2.45) is 0 Å². The average Bonchev–Trinajstić information content (AvgIpc) is 2.60. The maximum atomic E-state index is 12.5. The molecular weight excluding hydrogens is 308 g/mol. The largest absolute Gasteiger partial charge is 0.492 e. The topological polar surface area (TPSA) is 67.9 Å². The van der Waals surface area contributed by atoms with E-state index in [4.69, 9.17) is 9.47 Å². The van der Waals surface area contributed by atoms with Crippen LogP contribution in [0, 0.1) is 0 Å². The first kappa shape index (κ1) is 15.9. The molecule has 6 heteroatoms. The minimum absolute atomic E-state index is 0.0107. The lowest BCUT2D eigenvalue weighted by atomic mass is 10.1. The van der Waals surface area contributed by atoms with E-state index in [-0.39, 0.29) is 18.4 Å². The molecule has 0 spiro atoms. The third-order valence-corrected chi connectivity index (χ3v) is 3.74. The summed E-state index contributed by atoms with van der Waals surface area (Å²) in [5.41, 5.74) is 1.62. The fraction of sp³-hybridized carbons (Fsp3) is 0.222. The number of rotatable bonds is 4. The van der Waals surface area contributed by atoms with Gasteiger partial charge in [-0.05, 0) is 37.3 Å². The number of benzene rings is 2. The highest BCUT2D eigenvalue weighted by Crippen LogP contribution is 2.32. The zero-order valence-corrected chi connectivity index (χ0v) is 13.5. The molecule has 124 valence electrons. The van der Waals surface area contributed by atoms with E-state index >= 15 is 0 Å². The second kappa shape index (κ2) is 6.62. The monoisotopic (exact) mass is 326 g/mol. The molecule has 0 radical (unpaired) electrons. The number of hydrogen-bond donors (Lipinski definition) is 1. The van der Waals surface area contributed by atoms with Crippen molar-refractivity contribution in [2.45, 2.75) is 6.92 Å². The van der Waals surface area contributed by atoms with E-state index in [0.29, 0.717) is 35.0 Å². The first-order valence-corrected chi connectivity index (χ1v) is 7.66. The van der Waals surface area contributed by atoms with Gasteiger partial charge in [0.2, 0.25) is 0 Å². The summed E-state index contributed by atoms with van der Waals surface area (Å²) in [5, 5.41) is 2.84. The van der Waals surface area contributed by atoms with Gasteiger partial charge in [0.15, 0.2) is 6.61 Å². The van der Waals surface area contributed by atoms with E-state index in [1.54, 1.807) is 37.4 Å². The molecule has 0 unspecified atom stereocenters. The lowest BCUT2D eigenvalue weighted by Gasteiger charge is -2.26. The minimum atomic E-state index is -0.281. The first-order valence-electron chi connectivity index (χ1n) is 7.66. The van der Waals surface area contributed by atoms with Crippen molar-refractivity contribution < 1.29 is 19.1 Å². The standard InChI is InChI=1S/C18H18N2O4/c1-3-23-15-7-5-4-6-13(15)19-18(22)12-8-9-16-14(10-12)20(2)17(21)11-24-16/h4-10H,3,11H2,1-2H3,(H,19,22). The fourth-order valence-electron chi connectivity index (χ4n) is 2.46. The van der Waals surface area contributed by atoms with Crippen molar-refractivity contribution in [3.8, 4) is 11.5 Å². The van der Waals surface area contributed by atoms with Crippen LogP contribution in [0.2, 0.25) is 0 Å². The summed E-state index contributed by atoms with van der Waals surface area (Å²) >= 11 is 0. The van der Waals surface area contributed by atoms with Gasteiger partial charge in [0, 0.05) is 12.6 Å². The van der Waals surface area contributed by atoms with Gasteiger partial charge < -0.3 is 19.7 Å². The Bertz CT molecular complexity index is 788. The molecule has 24 heavy (non-hydrogen) atoms. The number of fused-ring (bicyclic) bond motifs is 1. The van der Waals surface area contributed by atoms with Crippen LogP contribution < -0.4 is 19.7 Å². The summed E-state index contributed by atoms with van der Waals surface area (Å²) in [6.07, 6.45) is 0. The number of carbonyl (C=O) groups is 2. The summed E-state index contributed by atoms with van der Waals surface area (Å²) in [6.45, 7) is 2.40. The van der Waals surface area contributed by atoms with Gasteiger partial charge in [-0.1, -0.05) is 12.1 Å². The molecule has 0 fully saturated rings. The Morgan fingerprint density at radius 2 is 2.08 bits per heavy atom. The average molecular weight is 326 g/mol. The molecule has 1 aliphatic rings. The number of para-hydroxylation sites is 2. The quantitative estimate of drug-likeness (QED) is 0.938. The number of hydrogen-bond acceptors (Lipinski definition) is 4. The highest BCUT2D eigenvalue weighted by atomic mass is 16.5. The Morgan fingerprint density at radius 3 is 2.88 bits per heavy atom. The van der Waals surface area contributed by atoms with Gasteiger partial charge in [-0.25, -0.2) is 0 Å². The van der Waals surface area contributed by atoms with Crippen LogP contribution in [0.3, 0.4) is 0 Å². The fourth-order valence-corrected chi connectivity index (χ4v) is 2.46. The summed E-state index contributed by atoms with van der Waals surface area (Å²) in [4.78, 5) is 25.8. The van der Waals surface area contributed by atoms with Crippen LogP contribution in [0.1, 0.15) is 17.3 Å². The molecule has 2 aromatic rings. The van der Waals surface area contributed by atoms with Gasteiger partial charge in [-0.15, -0.1) is 0 Å². The van der Waals surface area contributed by atoms with Crippen molar-refractivity contribution in [2.75, 3.05) is 30.5 Å². The number of carbonyl (C=O) groups excluding carboxylic acids is 2. The van der Waals surface area contributed by atoms with E-state index in [1.165, 1.54) is 4.90 Å². The van der Waals surface area contributed by atoms with Crippen LogP contribution >= 0.6 is 0 Å². The van der Waals surface area contributed by atoms with Crippen LogP contribution in [-0.4, -0.2) is 32.1 Å². The van der Waals surface area contributed by atoms with Crippen LogP contribution in [0.4, 0.5) is 11.4 Å². The maximum Gasteiger partial charge on any atom is 0.264 e. The summed E-state index contributed by atoms with van der Waals surface area (Å²) in [7, 11) is 1.66. The van der Waals surface area contributed by atoms with Crippen LogP contribution in [-0.2, 0) is 4.79 Å². The van der Waals surface area contributed by atoms with E-state index in [9.17, 15) is 9.59 Å². The van der Waals surface area contributed by atoms with E-state index in [1.807, 2.05) is 19.1 Å². The lowest BCUT2D eigenvalue weighted by molar-refractivity contribution is -0.120. The number of nitrogens with zero attached hydrogens (tertiary/aromatic N) is 1. The highest BCUT2D eigenvalue weighted by Gasteiger charge is 2.23. The number of nitrogens with one attached hydrogen (secondary N) is 1. The van der Waals surface area contributed by atoms with Gasteiger partial charge in [0.25, 0.3) is 11.8 Å². The molecule has 3 rings (SSSR count). The Morgan fingerprint density at radius 1 is 1.29 bits per heavy atom. The Hall–Kier alpha value is -3.02. The SMILES string of the molecule is CCOc1ccccc1NC(=O)c1ccc2c(c1)N(C)C(=O)CO2.